The van der Waals surface area contributed by atoms with Crippen molar-refractivity contribution in [3.05, 3.63) is 77.9 Å². The predicted octanol–water partition coefficient (Wildman–Crippen LogP) is 6.26. The van der Waals surface area contributed by atoms with Crippen LogP contribution >= 0.6 is 11.3 Å². The maximum atomic E-state index is 12.9. The van der Waals surface area contributed by atoms with Gasteiger partial charge in [0.05, 0.1) is 11.8 Å². The van der Waals surface area contributed by atoms with Gasteiger partial charge in [0, 0.05) is 23.7 Å². The van der Waals surface area contributed by atoms with Gasteiger partial charge >= 0.3 is 0 Å². The normalized spacial score (nSPS) is 14.0. The van der Waals surface area contributed by atoms with Crippen molar-refractivity contribution in [3.63, 3.8) is 0 Å². The number of amides is 1. The molecule has 0 saturated heterocycles. The number of thiazole rings is 1. The summed E-state index contributed by atoms with van der Waals surface area (Å²) in [4.78, 5) is 17.6. The Labute approximate surface area is 197 Å². The maximum absolute atomic E-state index is 12.9. The Balaban J connectivity index is 1.33. The fraction of sp³-hybridized carbons (Fsp3) is 0.259. The number of methoxy groups -OCH3 is 1. The van der Waals surface area contributed by atoms with Gasteiger partial charge in [-0.2, -0.15) is 0 Å². The SMILES string of the molecule is COc1ccc(-c2ccccc2)c2sc(NC(=O)c3ccc(CNC4CCCC4)cc3)nc12. The fourth-order valence-corrected chi connectivity index (χ4v) is 5.39. The van der Waals surface area contributed by atoms with E-state index in [0.717, 1.165) is 27.9 Å². The molecule has 1 saturated carbocycles. The first-order valence-corrected chi connectivity index (χ1v) is 12.2. The van der Waals surface area contributed by atoms with Crippen LogP contribution < -0.4 is 15.4 Å². The van der Waals surface area contributed by atoms with Gasteiger partial charge in [0.2, 0.25) is 0 Å². The largest absolute Gasteiger partial charge is 0.494 e. The zero-order valence-electron chi connectivity index (χ0n) is 18.6. The minimum Gasteiger partial charge on any atom is -0.494 e. The van der Waals surface area contributed by atoms with E-state index < -0.39 is 0 Å². The molecule has 1 aliphatic rings. The molecule has 6 heteroatoms. The number of nitrogens with zero attached hydrogens (tertiary/aromatic N) is 1. The number of ether oxygens (including phenoxy) is 1. The molecular formula is C27H27N3O2S. The second-order valence-electron chi connectivity index (χ2n) is 8.39. The van der Waals surface area contributed by atoms with E-state index in [1.165, 1.54) is 42.6 Å². The molecule has 0 aliphatic heterocycles. The third-order valence-electron chi connectivity index (χ3n) is 6.20. The molecule has 1 fully saturated rings. The van der Waals surface area contributed by atoms with E-state index in [1.54, 1.807) is 7.11 Å². The van der Waals surface area contributed by atoms with Crippen molar-refractivity contribution in [1.29, 1.82) is 0 Å². The summed E-state index contributed by atoms with van der Waals surface area (Å²) in [6.07, 6.45) is 5.17. The number of aromatic nitrogens is 1. The number of fused-ring (bicyclic) bond motifs is 1. The monoisotopic (exact) mass is 457 g/mol. The second-order valence-corrected chi connectivity index (χ2v) is 9.39. The zero-order chi connectivity index (χ0) is 22.6. The first kappa shape index (κ1) is 21.6. The average Bonchev–Trinajstić information content (AvgIpc) is 3.53. The van der Waals surface area contributed by atoms with Gasteiger partial charge in [-0.15, -0.1) is 0 Å². The Morgan fingerprint density at radius 2 is 1.79 bits per heavy atom. The molecule has 168 valence electrons. The van der Waals surface area contributed by atoms with Crippen molar-refractivity contribution in [2.24, 2.45) is 0 Å². The smallest absolute Gasteiger partial charge is 0.257 e. The maximum Gasteiger partial charge on any atom is 0.257 e. The minimum atomic E-state index is -0.162. The number of carbonyl (C=O) groups excluding carboxylic acids is 1. The van der Waals surface area contributed by atoms with Crippen molar-refractivity contribution >= 4 is 32.6 Å². The Bertz CT molecular complexity index is 1250. The molecular weight excluding hydrogens is 430 g/mol. The van der Waals surface area contributed by atoms with E-state index in [4.69, 9.17) is 4.74 Å². The van der Waals surface area contributed by atoms with Crippen molar-refractivity contribution in [1.82, 2.24) is 10.3 Å². The number of rotatable bonds is 7. The lowest BCUT2D eigenvalue weighted by Gasteiger charge is -2.11. The van der Waals surface area contributed by atoms with Crippen LogP contribution in [0.5, 0.6) is 5.75 Å². The molecule has 0 radical (unpaired) electrons. The van der Waals surface area contributed by atoms with Gasteiger partial charge in [0.1, 0.15) is 11.3 Å². The fourth-order valence-electron chi connectivity index (χ4n) is 4.38. The van der Waals surface area contributed by atoms with Crippen LogP contribution in [0.15, 0.2) is 66.7 Å². The highest BCUT2D eigenvalue weighted by molar-refractivity contribution is 7.23. The standard InChI is InChI=1S/C27H27N3O2S/c1-32-23-16-15-22(19-7-3-2-4-8-19)25-24(23)29-27(33-25)30-26(31)20-13-11-18(12-14-20)17-28-21-9-5-6-10-21/h2-4,7-8,11-16,21,28H,5-6,9-10,17H2,1H3,(H,29,30,31). The zero-order valence-corrected chi connectivity index (χ0v) is 19.5. The molecule has 5 nitrogen and oxygen atoms in total. The van der Waals surface area contributed by atoms with Crippen molar-refractivity contribution < 1.29 is 9.53 Å². The summed E-state index contributed by atoms with van der Waals surface area (Å²) in [7, 11) is 1.64. The van der Waals surface area contributed by atoms with Crippen LogP contribution in [0.25, 0.3) is 21.3 Å². The summed E-state index contributed by atoms with van der Waals surface area (Å²) in [5.41, 5.74) is 4.74. The molecule has 0 bridgehead atoms. The van der Waals surface area contributed by atoms with E-state index in [9.17, 15) is 4.79 Å². The minimum absolute atomic E-state index is 0.162. The average molecular weight is 458 g/mol. The summed E-state index contributed by atoms with van der Waals surface area (Å²) in [6.45, 7) is 0.840. The summed E-state index contributed by atoms with van der Waals surface area (Å²) >= 11 is 1.46. The summed E-state index contributed by atoms with van der Waals surface area (Å²) in [6, 6.07) is 22.6. The first-order chi connectivity index (χ1) is 16.2. The molecule has 0 spiro atoms. The number of hydrogen-bond donors (Lipinski definition) is 2. The van der Waals surface area contributed by atoms with E-state index in [-0.39, 0.29) is 5.91 Å². The number of benzene rings is 3. The van der Waals surface area contributed by atoms with Gasteiger partial charge in [-0.25, -0.2) is 4.98 Å². The lowest BCUT2D eigenvalue weighted by Crippen LogP contribution is -2.25. The van der Waals surface area contributed by atoms with E-state index >= 15 is 0 Å². The second kappa shape index (κ2) is 9.73. The number of carbonyl (C=O) groups is 1. The molecule has 1 amide bonds. The van der Waals surface area contributed by atoms with Crippen LogP contribution in [0, 0.1) is 0 Å². The Kier molecular flexibility index (Phi) is 6.37. The first-order valence-electron chi connectivity index (χ1n) is 11.4. The molecule has 3 aromatic carbocycles. The quantitative estimate of drug-likeness (QED) is 0.344. The highest BCUT2D eigenvalue weighted by atomic mass is 32.1. The van der Waals surface area contributed by atoms with Gasteiger partial charge in [-0.1, -0.05) is 66.6 Å². The van der Waals surface area contributed by atoms with Crippen LogP contribution in [0.4, 0.5) is 5.13 Å². The van der Waals surface area contributed by atoms with Crippen LogP contribution in [0.2, 0.25) is 0 Å². The summed E-state index contributed by atoms with van der Waals surface area (Å²) in [5.74, 6) is 0.533. The van der Waals surface area contributed by atoms with Crippen molar-refractivity contribution in [2.75, 3.05) is 12.4 Å². The number of nitrogens with one attached hydrogen (secondary N) is 2. The highest BCUT2D eigenvalue weighted by Gasteiger charge is 2.17. The van der Waals surface area contributed by atoms with E-state index in [2.05, 4.69) is 27.8 Å². The lowest BCUT2D eigenvalue weighted by atomic mass is 10.1. The Hall–Kier alpha value is -3.22. The van der Waals surface area contributed by atoms with Crippen LogP contribution in [-0.2, 0) is 6.54 Å². The molecule has 1 aromatic heterocycles. The summed E-state index contributed by atoms with van der Waals surface area (Å²) < 4.78 is 6.51. The molecule has 5 rings (SSSR count). The van der Waals surface area contributed by atoms with Crippen molar-refractivity contribution in [3.8, 4) is 16.9 Å². The molecule has 2 N–H and O–H groups in total. The lowest BCUT2D eigenvalue weighted by molar-refractivity contribution is 0.102. The molecule has 33 heavy (non-hydrogen) atoms. The Morgan fingerprint density at radius 3 is 2.52 bits per heavy atom. The van der Waals surface area contributed by atoms with Crippen LogP contribution in [0.1, 0.15) is 41.6 Å². The van der Waals surface area contributed by atoms with Gasteiger partial charge in [0.25, 0.3) is 5.91 Å². The Morgan fingerprint density at radius 1 is 1.03 bits per heavy atom. The third kappa shape index (κ3) is 4.77. The van der Waals surface area contributed by atoms with Gasteiger partial charge in [-0.3, -0.25) is 10.1 Å². The van der Waals surface area contributed by atoms with Gasteiger partial charge < -0.3 is 10.1 Å². The van der Waals surface area contributed by atoms with Crippen molar-refractivity contribution in [2.45, 2.75) is 38.3 Å². The van der Waals surface area contributed by atoms with Crippen LogP contribution in [-0.4, -0.2) is 24.0 Å². The molecule has 1 heterocycles. The molecule has 1 aliphatic carbocycles. The molecule has 0 atom stereocenters. The topological polar surface area (TPSA) is 63.2 Å². The predicted molar refractivity (Wildman–Crippen MR) is 135 cm³/mol. The molecule has 4 aromatic rings. The highest BCUT2D eigenvalue weighted by Crippen LogP contribution is 2.39. The van der Waals surface area contributed by atoms with E-state index in [0.29, 0.717) is 22.5 Å². The number of anilines is 1. The van der Waals surface area contributed by atoms with Crippen LogP contribution in [0.3, 0.4) is 0 Å². The molecule has 0 unspecified atom stereocenters. The number of hydrogen-bond acceptors (Lipinski definition) is 5. The van der Waals surface area contributed by atoms with Gasteiger partial charge in [0.15, 0.2) is 5.13 Å². The van der Waals surface area contributed by atoms with Gasteiger partial charge in [-0.05, 0) is 48.2 Å². The summed E-state index contributed by atoms with van der Waals surface area (Å²) in [5, 5.41) is 7.14. The van der Waals surface area contributed by atoms with E-state index in [1.807, 2.05) is 54.6 Å². The third-order valence-corrected chi connectivity index (χ3v) is 7.20.